The molecular weight excluding hydrogens is 736 g/mol. The highest BCUT2D eigenvalue weighted by atomic mass is 79.9. The maximum atomic E-state index is 14.0. The van der Waals surface area contributed by atoms with Gasteiger partial charge in [-0.15, -0.1) is 0 Å². The van der Waals surface area contributed by atoms with Crippen LogP contribution in [-0.4, -0.2) is 0 Å². The summed E-state index contributed by atoms with van der Waals surface area (Å²) in [4.78, 5) is 0. The van der Waals surface area contributed by atoms with Crippen LogP contribution in [0.25, 0.3) is 11.1 Å². The zero-order chi connectivity index (χ0) is 31.9. The Morgan fingerprint density at radius 2 is 0.674 bits per heavy atom. The predicted octanol–water partition coefficient (Wildman–Crippen LogP) is 11.6. The highest BCUT2D eigenvalue weighted by Crippen LogP contribution is 2.59. The number of halogens is 14. The Morgan fingerprint density at radius 1 is 0.395 bits per heavy atom. The monoisotopic (exact) mass is 746 g/mol. The fourth-order valence-electron chi connectivity index (χ4n) is 5.40. The van der Waals surface area contributed by atoms with Crippen molar-refractivity contribution in [2.45, 2.75) is 30.1 Å². The van der Waals surface area contributed by atoms with Gasteiger partial charge in [-0.25, -0.2) is 0 Å². The molecule has 0 unspecified atom stereocenters. The van der Waals surface area contributed by atoms with Crippen molar-refractivity contribution < 1.29 is 52.7 Å². The van der Waals surface area contributed by atoms with Crippen molar-refractivity contribution in [3.05, 3.63) is 126 Å². The Hall–Kier alpha value is -3.00. The molecule has 1 aliphatic carbocycles. The molecule has 0 saturated carbocycles. The van der Waals surface area contributed by atoms with Crippen molar-refractivity contribution in [2.24, 2.45) is 0 Å². The van der Waals surface area contributed by atoms with E-state index >= 15 is 0 Å². The van der Waals surface area contributed by atoms with E-state index in [2.05, 4.69) is 31.9 Å². The summed E-state index contributed by atoms with van der Waals surface area (Å²) in [6, 6.07) is 9.26. The smallest absolute Gasteiger partial charge is 0.166 e. The molecule has 0 nitrogen and oxygen atoms in total. The summed E-state index contributed by atoms with van der Waals surface area (Å²) < 4.78 is 169. The van der Waals surface area contributed by atoms with E-state index in [-0.39, 0.29) is 43.3 Å². The molecule has 0 saturated heterocycles. The third-order valence-corrected chi connectivity index (χ3v) is 8.09. The lowest BCUT2D eigenvalue weighted by molar-refractivity contribution is -0.144. The lowest BCUT2D eigenvalue weighted by atomic mass is 9.66. The molecule has 43 heavy (non-hydrogen) atoms. The minimum Gasteiger partial charge on any atom is -0.166 e. The van der Waals surface area contributed by atoms with Crippen molar-refractivity contribution in [3.63, 3.8) is 0 Å². The fourth-order valence-corrected chi connectivity index (χ4v) is 6.12. The highest BCUT2D eigenvalue weighted by Gasteiger charge is 2.50. The van der Waals surface area contributed by atoms with Gasteiger partial charge in [0.1, 0.15) is 0 Å². The van der Waals surface area contributed by atoms with Crippen LogP contribution in [0.15, 0.2) is 81.7 Å². The molecular formula is C29H12Br2F12. The summed E-state index contributed by atoms with van der Waals surface area (Å²) in [7, 11) is 0. The predicted molar refractivity (Wildman–Crippen MR) is 139 cm³/mol. The lowest BCUT2D eigenvalue weighted by Gasteiger charge is -2.36. The second kappa shape index (κ2) is 10.0. The van der Waals surface area contributed by atoms with E-state index < -0.39 is 63.5 Å². The Morgan fingerprint density at radius 3 is 0.930 bits per heavy atom. The van der Waals surface area contributed by atoms with Crippen LogP contribution in [0, 0.1) is 0 Å². The van der Waals surface area contributed by atoms with E-state index in [0.29, 0.717) is 24.3 Å². The quantitative estimate of drug-likeness (QED) is 0.158. The Bertz CT molecular complexity index is 1550. The van der Waals surface area contributed by atoms with Crippen molar-refractivity contribution in [2.75, 3.05) is 0 Å². The number of fused-ring (bicyclic) bond motifs is 3. The van der Waals surface area contributed by atoms with Gasteiger partial charge in [0.05, 0.1) is 27.7 Å². The van der Waals surface area contributed by atoms with Crippen molar-refractivity contribution in [1.82, 2.24) is 0 Å². The van der Waals surface area contributed by atoms with Gasteiger partial charge in [-0.2, -0.15) is 52.7 Å². The van der Waals surface area contributed by atoms with Gasteiger partial charge in [-0.1, -0.05) is 44.0 Å². The van der Waals surface area contributed by atoms with E-state index in [1.807, 2.05) is 0 Å². The normalized spacial score (nSPS) is 14.9. The molecule has 0 aliphatic heterocycles. The SMILES string of the molecule is FC(F)(F)c1cc(C(F)(F)F)cc(C2(c3cc(C(F)(F)F)cc(C(F)(F)F)c3)c3cc(Br)ccc3-c3ccc(Br)cc32)c1. The second-order valence-corrected chi connectivity index (χ2v) is 11.6. The largest absolute Gasteiger partial charge is 0.416 e. The zero-order valence-electron chi connectivity index (χ0n) is 20.7. The number of hydrogen-bond acceptors (Lipinski definition) is 0. The molecule has 1 aliphatic rings. The second-order valence-electron chi connectivity index (χ2n) is 9.72. The summed E-state index contributed by atoms with van der Waals surface area (Å²) in [5, 5.41) is 0. The molecule has 0 amide bonds. The Kier molecular flexibility index (Phi) is 7.32. The molecule has 0 bridgehead atoms. The van der Waals surface area contributed by atoms with E-state index in [4.69, 9.17) is 0 Å². The van der Waals surface area contributed by atoms with Crippen LogP contribution in [0.1, 0.15) is 44.5 Å². The molecule has 0 heterocycles. The lowest BCUT2D eigenvalue weighted by Crippen LogP contribution is -2.31. The van der Waals surface area contributed by atoms with E-state index in [1.54, 1.807) is 0 Å². The van der Waals surface area contributed by atoms with Crippen LogP contribution in [0.5, 0.6) is 0 Å². The first kappa shape index (κ1) is 31.4. The average molecular weight is 748 g/mol. The number of rotatable bonds is 2. The summed E-state index contributed by atoms with van der Waals surface area (Å²) >= 11 is 6.35. The average Bonchev–Trinajstić information content (AvgIpc) is 3.15. The standard InChI is InChI=1S/C29H12Br2F12/c30-19-1-3-21-22-4-2-20(31)12-24(22)25(23(21)11-19,13-5-15(26(32,33)34)9-16(6-13)27(35,36)37)14-7-17(28(38,39)40)10-18(8-14)29(41,42)43/h1-12H. The van der Waals surface area contributed by atoms with Gasteiger partial charge >= 0.3 is 24.7 Å². The van der Waals surface area contributed by atoms with E-state index in [9.17, 15) is 52.7 Å². The summed E-state index contributed by atoms with van der Waals surface area (Å²) in [5.74, 6) is 0. The molecule has 4 aromatic carbocycles. The Labute approximate surface area is 251 Å². The van der Waals surface area contributed by atoms with Crippen LogP contribution in [0.2, 0.25) is 0 Å². The van der Waals surface area contributed by atoms with Crippen molar-refractivity contribution in [1.29, 1.82) is 0 Å². The van der Waals surface area contributed by atoms with Gasteiger partial charge in [-0.05, 0) is 94.0 Å². The first-order valence-electron chi connectivity index (χ1n) is 11.8. The van der Waals surface area contributed by atoms with Crippen LogP contribution < -0.4 is 0 Å². The zero-order valence-corrected chi connectivity index (χ0v) is 23.9. The minimum atomic E-state index is -5.36. The highest BCUT2D eigenvalue weighted by molar-refractivity contribution is 9.10. The van der Waals surface area contributed by atoms with Gasteiger partial charge in [0.25, 0.3) is 0 Å². The molecule has 5 rings (SSSR count). The maximum absolute atomic E-state index is 14.0. The summed E-state index contributed by atoms with van der Waals surface area (Å²) in [6.45, 7) is 0. The molecule has 0 N–H and O–H groups in total. The Balaban J connectivity index is 2.08. The minimum absolute atomic E-state index is 0.130. The molecule has 0 aromatic heterocycles. The number of hydrogen-bond donors (Lipinski definition) is 0. The molecule has 0 fully saturated rings. The molecule has 226 valence electrons. The summed E-state index contributed by atoms with van der Waals surface area (Å²) in [6.07, 6.45) is -21.4. The van der Waals surface area contributed by atoms with Gasteiger partial charge < -0.3 is 0 Å². The van der Waals surface area contributed by atoms with Crippen LogP contribution in [0.3, 0.4) is 0 Å². The van der Waals surface area contributed by atoms with Crippen LogP contribution >= 0.6 is 31.9 Å². The number of alkyl halides is 12. The first-order chi connectivity index (χ1) is 19.6. The third-order valence-electron chi connectivity index (χ3n) is 7.10. The maximum Gasteiger partial charge on any atom is 0.416 e. The molecule has 0 atom stereocenters. The van der Waals surface area contributed by atoms with Gasteiger partial charge in [0, 0.05) is 8.95 Å². The van der Waals surface area contributed by atoms with E-state index in [1.165, 1.54) is 36.4 Å². The topological polar surface area (TPSA) is 0 Å². The van der Waals surface area contributed by atoms with Gasteiger partial charge in [0.2, 0.25) is 0 Å². The van der Waals surface area contributed by atoms with Crippen LogP contribution in [-0.2, 0) is 30.1 Å². The summed E-state index contributed by atoms with van der Waals surface area (Å²) in [5.41, 5.74) is -11.2. The molecule has 0 radical (unpaired) electrons. The van der Waals surface area contributed by atoms with Crippen molar-refractivity contribution >= 4 is 31.9 Å². The van der Waals surface area contributed by atoms with Crippen molar-refractivity contribution in [3.8, 4) is 11.1 Å². The van der Waals surface area contributed by atoms with Crippen LogP contribution in [0.4, 0.5) is 52.7 Å². The molecule has 14 heteroatoms. The van der Waals surface area contributed by atoms with Gasteiger partial charge in [0.15, 0.2) is 0 Å². The first-order valence-corrected chi connectivity index (χ1v) is 13.4. The fraction of sp³-hybridized carbons (Fsp3) is 0.172. The van der Waals surface area contributed by atoms with E-state index in [0.717, 1.165) is 0 Å². The van der Waals surface area contributed by atoms with Gasteiger partial charge in [-0.3, -0.25) is 0 Å². The third kappa shape index (κ3) is 5.45. The number of benzene rings is 4. The molecule has 4 aromatic rings. The molecule has 0 spiro atoms.